The summed E-state index contributed by atoms with van der Waals surface area (Å²) in [7, 11) is 0. The molecule has 0 aromatic carbocycles. The number of hydrogen-bond donors (Lipinski definition) is 1. The number of halogens is 2. The van der Waals surface area contributed by atoms with Gasteiger partial charge in [-0.1, -0.05) is 5.21 Å². The van der Waals surface area contributed by atoms with E-state index in [4.69, 9.17) is 5.73 Å². The van der Waals surface area contributed by atoms with Crippen LogP contribution >= 0.6 is 0 Å². The summed E-state index contributed by atoms with van der Waals surface area (Å²) in [6, 6.07) is -0.113. The second-order valence-corrected chi connectivity index (χ2v) is 3.30. The molecule has 1 rings (SSSR count). The maximum Gasteiger partial charge on any atom is 0.281 e. The van der Waals surface area contributed by atoms with E-state index in [-0.39, 0.29) is 11.7 Å². The van der Waals surface area contributed by atoms with E-state index in [1.807, 2.05) is 0 Å². The fourth-order valence-electron chi connectivity index (χ4n) is 1.26. The van der Waals surface area contributed by atoms with Gasteiger partial charge in [-0.3, -0.25) is 0 Å². The maximum atomic E-state index is 12.7. The van der Waals surface area contributed by atoms with E-state index < -0.39 is 6.43 Å². The summed E-state index contributed by atoms with van der Waals surface area (Å²) in [6.07, 6.45) is -2.21. The molecule has 0 aliphatic rings. The van der Waals surface area contributed by atoms with E-state index in [0.717, 1.165) is 0 Å². The molecule has 0 aliphatic carbocycles. The molecule has 0 bridgehead atoms. The molecule has 2 N–H and O–H groups in total. The Morgan fingerprint density at radius 1 is 1.43 bits per heavy atom. The minimum Gasteiger partial charge on any atom is -0.330 e. The number of nitrogens with two attached hydrogens (primary N) is 1. The second kappa shape index (κ2) is 4.45. The number of alkyl halides is 2. The van der Waals surface area contributed by atoms with Gasteiger partial charge in [0.1, 0.15) is 5.69 Å². The monoisotopic (exact) mass is 204 g/mol. The average Bonchev–Trinajstić information content (AvgIpc) is 2.48. The molecule has 1 heterocycles. The van der Waals surface area contributed by atoms with Gasteiger partial charge in [-0.2, -0.15) is 0 Å². The topological polar surface area (TPSA) is 56.7 Å². The van der Waals surface area contributed by atoms with Gasteiger partial charge in [0.2, 0.25) is 0 Å². The molecule has 0 unspecified atom stereocenters. The molecule has 4 nitrogen and oxygen atoms in total. The van der Waals surface area contributed by atoms with E-state index in [1.54, 1.807) is 13.8 Å². The summed E-state index contributed by atoms with van der Waals surface area (Å²) >= 11 is 0. The van der Waals surface area contributed by atoms with Crippen LogP contribution in [0.25, 0.3) is 0 Å². The van der Waals surface area contributed by atoms with Crippen molar-refractivity contribution in [2.24, 2.45) is 5.73 Å². The van der Waals surface area contributed by atoms with E-state index in [2.05, 4.69) is 10.3 Å². The zero-order valence-electron chi connectivity index (χ0n) is 8.24. The van der Waals surface area contributed by atoms with Crippen molar-refractivity contribution in [3.63, 3.8) is 0 Å². The lowest BCUT2D eigenvalue weighted by Gasteiger charge is -2.09. The molecular weight excluding hydrogens is 190 g/mol. The lowest BCUT2D eigenvalue weighted by atomic mass is 10.2. The van der Waals surface area contributed by atoms with Gasteiger partial charge >= 0.3 is 0 Å². The third-order valence-corrected chi connectivity index (χ3v) is 1.88. The lowest BCUT2D eigenvalue weighted by Crippen LogP contribution is -2.10. The van der Waals surface area contributed by atoms with E-state index in [1.165, 1.54) is 4.68 Å². The van der Waals surface area contributed by atoms with Gasteiger partial charge in [-0.25, -0.2) is 13.5 Å². The SMILES string of the molecule is CC(C)n1nnc(CCN)c1C(F)F. The summed E-state index contributed by atoms with van der Waals surface area (Å²) in [5.74, 6) is 0. The predicted molar refractivity (Wildman–Crippen MR) is 48.1 cm³/mol. The van der Waals surface area contributed by atoms with Crippen molar-refractivity contribution in [1.29, 1.82) is 0 Å². The number of aromatic nitrogens is 3. The first-order valence-corrected chi connectivity index (χ1v) is 4.50. The average molecular weight is 204 g/mol. The molecule has 0 saturated heterocycles. The van der Waals surface area contributed by atoms with Crippen molar-refractivity contribution in [1.82, 2.24) is 15.0 Å². The zero-order chi connectivity index (χ0) is 10.7. The molecule has 1 aromatic heterocycles. The fraction of sp³-hybridized carbons (Fsp3) is 0.750. The van der Waals surface area contributed by atoms with Crippen molar-refractivity contribution in [3.8, 4) is 0 Å². The minimum absolute atomic E-state index is 0.106. The molecule has 0 saturated carbocycles. The first-order valence-electron chi connectivity index (χ1n) is 4.50. The molecule has 0 amide bonds. The highest BCUT2D eigenvalue weighted by molar-refractivity contribution is 5.12. The molecule has 0 fully saturated rings. The van der Waals surface area contributed by atoms with Crippen LogP contribution in [-0.2, 0) is 6.42 Å². The standard InChI is InChI=1S/C8H14F2N4/c1-5(2)14-7(8(9)10)6(3-4-11)12-13-14/h5,8H,3-4,11H2,1-2H3. The number of hydrogen-bond acceptors (Lipinski definition) is 3. The molecular formula is C8H14F2N4. The van der Waals surface area contributed by atoms with E-state index in [0.29, 0.717) is 18.7 Å². The van der Waals surface area contributed by atoms with Crippen LogP contribution in [0.5, 0.6) is 0 Å². The summed E-state index contributed by atoms with van der Waals surface area (Å²) in [4.78, 5) is 0. The summed E-state index contributed by atoms with van der Waals surface area (Å²) in [6.45, 7) is 3.87. The number of nitrogens with zero attached hydrogens (tertiary/aromatic N) is 3. The van der Waals surface area contributed by atoms with Crippen molar-refractivity contribution in [3.05, 3.63) is 11.4 Å². The van der Waals surface area contributed by atoms with Gasteiger partial charge in [0, 0.05) is 12.5 Å². The fourth-order valence-corrected chi connectivity index (χ4v) is 1.26. The third kappa shape index (κ3) is 2.06. The third-order valence-electron chi connectivity index (χ3n) is 1.88. The van der Waals surface area contributed by atoms with Crippen LogP contribution in [-0.4, -0.2) is 21.5 Å². The quantitative estimate of drug-likeness (QED) is 0.804. The normalized spacial score (nSPS) is 11.6. The van der Waals surface area contributed by atoms with Gasteiger partial charge in [0.15, 0.2) is 0 Å². The molecule has 0 aliphatic heterocycles. The van der Waals surface area contributed by atoms with Gasteiger partial charge in [-0.05, 0) is 20.4 Å². The summed E-state index contributed by atoms with van der Waals surface area (Å²) in [5.41, 5.74) is 5.49. The smallest absolute Gasteiger partial charge is 0.281 e. The van der Waals surface area contributed by atoms with Crippen LogP contribution in [0.15, 0.2) is 0 Å². The Balaban J connectivity index is 3.07. The first-order chi connectivity index (χ1) is 6.57. The molecule has 6 heteroatoms. The molecule has 1 aromatic rings. The molecule has 14 heavy (non-hydrogen) atoms. The highest BCUT2D eigenvalue weighted by atomic mass is 19.3. The molecule has 0 radical (unpaired) electrons. The van der Waals surface area contributed by atoms with Crippen LogP contribution < -0.4 is 5.73 Å². The Hall–Kier alpha value is -1.04. The Morgan fingerprint density at radius 2 is 2.07 bits per heavy atom. The highest BCUT2D eigenvalue weighted by Gasteiger charge is 2.22. The summed E-state index contributed by atoms with van der Waals surface area (Å²) in [5, 5.41) is 7.39. The molecule has 0 spiro atoms. The van der Waals surface area contributed by atoms with Gasteiger partial charge in [0.05, 0.1) is 5.69 Å². The van der Waals surface area contributed by atoms with Crippen LogP contribution in [0.2, 0.25) is 0 Å². The van der Waals surface area contributed by atoms with E-state index in [9.17, 15) is 8.78 Å². The van der Waals surface area contributed by atoms with E-state index >= 15 is 0 Å². The Labute approximate surface area is 81.1 Å². The zero-order valence-corrected chi connectivity index (χ0v) is 8.24. The Kier molecular flexibility index (Phi) is 3.51. The second-order valence-electron chi connectivity index (χ2n) is 3.30. The largest absolute Gasteiger partial charge is 0.330 e. The highest BCUT2D eigenvalue weighted by Crippen LogP contribution is 2.23. The Bertz CT molecular complexity index is 296. The lowest BCUT2D eigenvalue weighted by molar-refractivity contribution is 0.136. The summed E-state index contributed by atoms with van der Waals surface area (Å²) < 4.78 is 26.6. The van der Waals surface area contributed by atoms with Gasteiger partial charge in [-0.15, -0.1) is 5.10 Å². The van der Waals surface area contributed by atoms with Crippen molar-refractivity contribution in [2.45, 2.75) is 32.7 Å². The predicted octanol–water partition coefficient (Wildman–Crippen LogP) is 1.30. The maximum absolute atomic E-state index is 12.7. The van der Waals surface area contributed by atoms with Crippen LogP contribution in [0.4, 0.5) is 8.78 Å². The van der Waals surface area contributed by atoms with Gasteiger partial charge < -0.3 is 5.73 Å². The molecule has 0 atom stereocenters. The van der Waals surface area contributed by atoms with Crippen LogP contribution in [0, 0.1) is 0 Å². The number of rotatable bonds is 4. The van der Waals surface area contributed by atoms with Crippen molar-refractivity contribution in [2.75, 3.05) is 6.54 Å². The van der Waals surface area contributed by atoms with Crippen LogP contribution in [0.3, 0.4) is 0 Å². The van der Waals surface area contributed by atoms with Crippen molar-refractivity contribution >= 4 is 0 Å². The Morgan fingerprint density at radius 3 is 2.50 bits per heavy atom. The van der Waals surface area contributed by atoms with Crippen LogP contribution in [0.1, 0.15) is 37.7 Å². The van der Waals surface area contributed by atoms with Gasteiger partial charge in [0.25, 0.3) is 6.43 Å². The first kappa shape index (κ1) is 11.0. The molecule has 80 valence electrons. The minimum atomic E-state index is -2.55. The van der Waals surface area contributed by atoms with Crippen molar-refractivity contribution < 1.29 is 8.78 Å².